The molecule has 3 rings (SSSR count). The van der Waals surface area contributed by atoms with E-state index in [1.807, 2.05) is 32.6 Å². The Balaban J connectivity index is 2.13. The molecule has 2 atom stereocenters. The van der Waals surface area contributed by atoms with E-state index in [9.17, 15) is 14.1 Å². The number of rotatable bonds is 6. The first-order chi connectivity index (χ1) is 15.0. The average Bonchev–Trinajstić information content (AvgIpc) is 2.72. The first kappa shape index (κ1) is 24.5. The van der Waals surface area contributed by atoms with Gasteiger partial charge in [0.05, 0.1) is 30.9 Å². The maximum absolute atomic E-state index is 13.0. The van der Waals surface area contributed by atoms with Crippen LogP contribution in [0.3, 0.4) is 0 Å². The Morgan fingerprint density at radius 3 is 2.50 bits per heavy atom. The summed E-state index contributed by atoms with van der Waals surface area (Å²) in [7, 11) is 0. The smallest absolute Gasteiger partial charge is 0.339 e. The number of ether oxygens (including phenoxy) is 2. The lowest BCUT2D eigenvalue weighted by molar-refractivity contribution is 0.0377. The molecule has 32 heavy (non-hydrogen) atoms. The number of pyridine rings is 1. The quantitative estimate of drug-likeness (QED) is 0.512. The second-order valence-corrected chi connectivity index (χ2v) is 11.1. The highest BCUT2D eigenvalue weighted by Crippen LogP contribution is 2.25. The molecular weight excluding hydrogens is 432 g/mol. The van der Waals surface area contributed by atoms with E-state index in [0.29, 0.717) is 43.3 Å². The zero-order chi connectivity index (χ0) is 23.6. The van der Waals surface area contributed by atoms with Crippen LogP contribution < -0.4 is 15.2 Å². The number of nitrogens with zero attached hydrogens (tertiary/aromatic N) is 3. The van der Waals surface area contributed by atoms with Crippen LogP contribution >= 0.6 is 0 Å². The van der Waals surface area contributed by atoms with Crippen LogP contribution in [0.25, 0.3) is 5.65 Å². The lowest BCUT2D eigenvalue weighted by atomic mass is 10.1. The molecule has 0 aromatic carbocycles. The van der Waals surface area contributed by atoms with Gasteiger partial charge in [0.2, 0.25) is 0 Å². The number of carbonyl (C=O) groups excluding carboxylic acids is 1. The zero-order valence-corrected chi connectivity index (χ0v) is 20.3. The first-order valence-corrected chi connectivity index (χ1v) is 11.9. The van der Waals surface area contributed by atoms with Crippen LogP contribution in [0.5, 0.6) is 0 Å². The van der Waals surface area contributed by atoms with Crippen molar-refractivity contribution < 1.29 is 18.8 Å². The summed E-state index contributed by atoms with van der Waals surface area (Å²) in [6.07, 6.45) is 1.15. The van der Waals surface area contributed by atoms with Crippen LogP contribution in [0.15, 0.2) is 23.1 Å². The molecule has 1 aliphatic heterocycles. The Morgan fingerprint density at radius 1 is 1.25 bits per heavy atom. The summed E-state index contributed by atoms with van der Waals surface area (Å²) in [4.78, 5) is 32.4. The Kier molecular flexibility index (Phi) is 7.49. The summed E-state index contributed by atoms with van der Waals surface area (Å²) >= 11 is -1.36. The van der Waals surface area contributed by atoms with Crippen molar-refractivity contribution >= 4 is 28.8 Å². The van der Waals surface area contributed by atoms with Crippen LogP contribution in [-0.4, -0.2) is 57.1 Å². The molecule has 0 saturated carbocycles. The maximum Gasteiger partial charge on any atom is 0.339 e. The van der Waals surface area contributed by atoms with Gasteiger partial charge in [0.15, 0.2) is 0 Å². The molecule has 0 spiro atoms. The number of morpholine rings is 1. The maximum atomic E-state index is 13.0. The van der Waals surface area contributed by atoms with E-state index in [1.165, 1.54) is 16.7 Å². The second-order valence-electron chi connectivity index (χ2n) is 9.10. The molecule has 3 heterocycles. The number of carbonyl (C=O) groups is 1. The number of anilines is 1. The molecule has 0 amide bonds. The fourth-order valence-electron chi connectivity index (χ4n) is 3.28. The van der Waals surface area contributed by atoms with E-state index >= 15 is 0 Å². The molecule has 2 aromatic heterocycles. The summed E-state index contributed by atoms with van der Waals surface area (Å²) in [5.74, 6) is 0.0256. The molecule has 0 bridgehead atoms. The minimum atomic E-state index is -1.36. The van der Waals surface area contributed by atoms with Gasteiger partial charge in [0.1, 0.15) is 16.2 Å². The summed E-state index contributed by atoms with van der Waals surface area (Å²) in [5.41, 5.74) is 0.930. The van der Waals surface area contributed by atoms with Gasteiger partial charge in [-0.3, -0.25) is 9.20 Å². The van der Waals surface area contributed by atoms with Crippen molar-refractivity contribution in [3.05, 3.63) is 39.8 Å². The van der Waals surface area contributed by atoms with Crippen molar-refractivity contribution in [3.63, 3.8) is 0 Å². The molecule has 10 heteroatoms. The standard InChI is InChI=1S/C22H32N4O5S/c1-14(2)31-21(28)16-11-17(15(3)24-32(29)22(4,5)6)20-23-18(12-19(27)26(20)13-16)25-7-9-30-10-8-25/h11-15,24H,7-10H2,1-6H3/t15-,32+/m0/s1. The predicted octanol–water partition coefficient (Wildman–Crippen LogP) is 2.21. The van der Waals surface area contributed by atoms with E-state index in [0.717, 1.165) is 0 Å². The van der Waals surface area contributed by atoms with Gasteiger partial charge in [-0.05, 0) is 47.6 Å². The summed E-state index contributed by atoms with van der Waals surface area (Å²) in [5, 5.41) is 0. The highest BCUT2D eigenvalue weighted by Gasteiger charge is 2.30. The number of hydrogen-bond acceptors (Lipinski definition) is 8. The highest BCUT2D eigenvalue weighted by atomic mass is 32.2. The molecule has 1 N–H and O–H groups in total. The van der Waals surface area contributed by atoms with Crippen molar-refractivity contribution in [2.75, 3.05) is 31.2 Å². The van der Waals surface area contributed by atoms with Gasteiger partial charge >= 0.3 is 5.97 Å². The molecule has 9 nitrogen and oxygen atoms in total. The minimum Gasteiger partial charge on any atom is -0.598 e. The normalized spacial score (nSPS) is 16.9. The number of fused-ring (bicyclic) bond motifs is 1. The van der Waals surface area contributed by atoms with Crippen LogP contribution in [0, 0.1) is 0 Å². The van der Waals surface area contributed by atoms with Crippen molar-refractivity contribution in [1.29, 1.82) is 0 Å². The number of hydrogen-bond donors (Lipinski definition) is 1. The third-order valence-corrected chi connectivity index (χ3v) is 6.68. The fourth-order valence-corrected chi connectivity index (χ4v) is 4.09. The fraction of sp³-hybridized carbons (Fsp3) is 0.591. The third-order valence-electron chi connectivity index (χ3n) is 5.00. The number of aromatic nitrogens is 2. The van der Waals surface area contributed by atoms with E-state index in [-0.39, 0.29) is 17.2 Å². The van der Waals surface area contributed by atoms with Crippen LogP contribution in [0.2, 0.25) is 0 Å². The molecular formula is C22H32N4O5S. The van der Waals surface area contributed by atoms with Crippen LogP contribution in [0.4, 0.5) is 5.82 Å². The van der Waals surface area contributed by atoms with Crippen LogP contribution in [-0.2, 0) is 20.8 Å². The molecule has 1 saturated heterocycles. The molecule has 0 radical (unpaired) electrons. The Labute approximate surface area is 191 Å². The summed E-state index contributed by atoms with van der Waals surface area (Å²) in [6, 6.07) is 2.68. The number of nitrogens with one attached hydrogen (secondary N) is 1. The summed E-state index contributed by atoms with van der Waals surface area (Å²) in [6.45, 7) is 13.4. The Bertz CT molecular complexity index is 1030. The monoisotopic (exact) mass is 464 g/mol. The summed E-state index contributed by atoms with van der Waals surface area (Å²) < 4.78 is 27.4. The number of esters is 1. The zero-order valence-electron chi connectivity index (χ0n) is 19.5. The van der Waals surface area contributed by atoms with Crippen molar-refractivity contribution in [3.8, 4) is 0 Å². The second kappa shape index (κ2) is 9.78. The van der Waals surface area contributed by atoms with Crippen molar-refractivity contribution in [1.82, 2.24) is 14.1 Å². The van der Waals surface area contributed by atoms with E-state index < -0.39 is 28.1 Å². The highest BCUT2D eigenvalue weighted by molar-refractivity contribution is 7.90. The van der Waals surface area contributed by atoms with Gasteiger partial charge < -0.3 is 18.9 Å². The van der Waals surface area contributed by atoms with Crippen molar-refractivity contribution in [2.45, 2.75) is 58.4 Å². The Hall–Kier alpha value is -2.14. The van der Waals surface area contributed by atoms with Crippen LogP contribution in [0.1, 0.15) is 63.5 Å². The van der Waals surface area contributed by atoms with E-state index in [2.05, 4.69) is 4.72 Å². The predicted molar refractivity (Wildman–Crippen MR) is 124 cm³/mol. The molecule has 0 aliphatic carbocycles. The van der Waals surface area contributed by atoms with Gasteiger partial charge in [-0.15, -0.1) is 4.72 Å². The topological polar surface area (TPSA) is 108 Å². The van der Waals surface area contributed by atoms with E-state index in [4.69, 9.17) is 14.5 Å². The molecule has 176 valence electrons. The lowest BCUT2D eigenvalue weighted by Crippen LogP contribution is -2.41. The molecule has 1 fully saturated rings. The largest absolute Gasteiger partial charge is 0.598 e. The molecule has 0 unspecified atom stereocenters. The Morgan fingerprint density at radius 2 is 1.91 bits per heavy atom. The van der Waals surface area contributed by atoms with Crippen molar-refractivity contribution in [2.24, 2.45) is 0 Å². The van der Waals surface area contributed by atoms with Gasteiger partial charge in [-0.2, -0.15) is 0 Å². The van der Waals surface area contributed by atoms with Gasteiger partial charge in [-0.1, -0.05) is 0 Å². The average molecular weight is 465 g/mol. The third kappa shape index (κ3) is 5.61. The molecule has 1 aliphatic rings. The van der Waals surface area contributed by atoms with E-state index in [1.54, 1.807) is 19.9 Å². The minimum absolute atomic E-state index is 0.236. The van der Waals surface area contributed by atoms with Gasteiger partial charge in [0.25, 0.3) is 5.56 Å². The van der Waals surface area contributed by atoms with Gasteiger partial charge in [0, 0.05) is 42.3 Å². The SMILES string of the molecule is CC(C)OC(=O)c1cc([C@H](C)N[S@+]([O-])C(C)(C)C)c2nc(N3CCOCC3)cc(=O)n2c1. The van der Waals surface area contributed by atoms with Gasteiger partial charge in [-0.25, -0.2) is 9.78 Å². The lowest BCUT2D eigenvalue weighted by Gasteiger charge is -2.29. The molecule has 2 aromatic rings. The first-order valence-electron chi connectivity index (χ1n) is 10.8.